The zero-order valence-corrected chi connectivity index (χ0v) is 17.4. The van der Waals surface area contributed by atoms with E-state index in [9.17, 15) is 14.0 Å². The number of anilines is 2. The van der Waals surface area contributed by atoms with Crippen LogP contribution in [0.4, 0.5) is 15.9 Å². The summed E-state index contributed by atoms with van der Waals surface area (Å²) in [5, 5.41) is 5.56. The number of aromatic nitrogens is 1. The summed E-state index contributed by atoms with van der Waals surface area (Å²) in [4.78, 5) is 32.9. The van der Waals surface area contributed by atoms with Gasteiger partial charge in [0, 0.05) is 51.0 Å². The number of piperazine rings is 1. The SMILES string of the molecule is Cc1ccc(NC(=O)CCNC(=O)C(C)N2CCN(c3ccc(F)cc3)CC2)nc1. The van der Waals surface area contributed by atoms with Crippen LogP contribution < -0.4 is 15.5 Å². The van der Waals surface area contributed by atoms with E-state index in [0.717, 1.165) is 37.4 Å². The standard InChI is InChI=1S/C22H28FN5O2/c1-16-3-8-20(25-15-16)26-21(29)9-10-24-22(30)17(2)27-11-13-28(14-12-27)19-6-4-18(23)5-7-19/h3-8,15,17H,9-14H2,1-2H3,(H,24,30)(H,25,26,29). The van der Waals surface area contributed by atoms with Crippen molar-refractivity contribution < 1.29 is 14.0 Å². The van der Waals surface area contributed by atoms with Crippen molar-refractivity contribution in [3.63, 3.8) is 0 Å². The lowest BCUT2D eigenvalue weighted by molar-refractivity contribution is -0.126. The highest BCUT2D eigenvalue weighted by Crippen LogP contribution is 2.17. The first-order chi connectivity index (χ1) is 14.4. The molecule has 30 heavy (non-hydrogen) atoms. The number of hydrogen-bond donors (Lipinski definition) is 2. The van der Waals surface area contributed by atoms with Crippen LogP contribution in [0.2, 0.25) is 0 Å². The molecule has 1 aliphatic rings. The van der Waals surface area contributed by atoms with Crippen molar-refractivity contribution in [2.24, 2.45) is 0 Å². The summed E-state index contributed by atoms with van der Waals surface area (Å²) < 4.78 is 13.1. The molecule has 0 radical (unpaired) electrons. The minimum Gasteiger partial charge on any atom is -0.369 e. The van der Waals surface area contributed by atoms with Crippen LogP contribution in [0.25, 0.3) is 0 Å². The van der Waals surface area contributed by atoms with Gasteiger partial charge in [0.1, 0.15) is 11.6 Å². The number of aryl methyl sites for hydroxylation is 1. The van der Waals surface area contributed by atoms with E-state index in [1.165, 1.54) is 12.1 Å². The zero-order valence-electron chi connectivity index (χ0n) is 17.4. The van der Waals surface area contributed by atoms with Crippen LogP contribution in [-0.4, -0.2) is 60.5 Å². The van der Waals surface area contributed by atoms with Gasteiger partial charge in [-0.2, -0.15) is 0 Å². The molecule has 1 fully saturated rings. The van der Waals surface area contributed by atoms with Gasteiger partial charge in [-0.05, 0) is 49.7 Å². The van der Waals surface area contributed by atoms with Crippen LogP contribution in [0.15, 0.2) is 42.6 Å². The molecule has 1 saturated heterocycles. The number of carbonyl (C=O) groups excluding carboxylic acids is 2. The molecule has 1 aromatic heterocycles. The maximum Gasteiger partial charge on any atom is 0.237 e. The Kier molecular flexibility index (Phi) is 7.35. The Labute approximate surface area is 176 Å². The highest BCUT2D eigenvalue weighted by molar-refractivity contribution is 5.90. The first-order valence-electron chi connectivity index (χ1n) is 10.2. The Bertz CT molecular complexity index is 849. The number of halogens is 1. The second-order valence-electron chi connectivity index (χ2n) is 7.49. The number of pyridine rings is 1. The lowest BCUT2D eigenvalue weighted by atomic mass is 10.2. The maximum absolute atomic E-state index is 13.1. The molecule has 3 rings (SSSR count). The van der Waals surface area contributed by atoms with Crippen molar-refractivity contribution in [1.82, 2.24) is 15.2 Å². The Balaban J connectivity index is 1.37. The van der Waals surface area contributed by atoms with E-state index in [0.29, 0.717) is 5.82 Å². The normalized spacial score (nSPS) is 15.5. The lowest BCUT2D eigenvalue weighted by Gasteiger charge is -2.38. The van der Waals surface area contributed by atoms with Gasteiger partial charge in [0.05, 0.1) is 6.04 Å². The summed E-state index contributed by atoms with van der Waals surface area (Å²) >= 11 is 0. The van der Waals surface area contributed by atoms with Crippen molar-refractivity contribution in [1.29, 1.82) is 0 Å². The second-order valence-corrected chi connectivity index (χ2v) is 7.49. The van der Waals surface area contributed by atoms with Crippen molar-refractivity contribution in [2.75, 3.05) is 42.9 Å². The Morgan fingerprint density at radius 3 is 2.43 bits per heavy atom. The van der Waals surface area contributed by atoms with Crippen LogP contribution in [-0.2, 0) is 9.59 Å². The Hall–Kier alpha value is -3.00. The number of amides is 2. The van der Waals surface area contributed by atoms with Gasteiger partial charge in [-0.1, -0.05) is 6.07 Å². The third-order valence-electron chi connectivity index (χ3n) is 5.26. The molecule has 1 aliphatic heterocycles. The van der Waals surface area contributed by atoms with E-state index in [-0.39, 0.29) is 36.6 Å². The summed E-state index contributed by atoms with van der Waals surface area (Å²) in [5.41, 5.74) is 2.01. The number of rotatable bonds is 7. The Morgan fingerprint density at radius 2 is 1.80 bits per heavy atom. The first-order valence-corrected chi connectivity index (χ1v) is 10.2. The summed E-state index contributed by atoms with van der Waals surface area (Å²) in [6.45, 7) is 7.11. The molecular formula is C22H28FN5O2. The fourth-order valence-corrected chi connectivity index (χ4v) is 3.38. The predicted octanol–water partition coefficient (Wildman–Crippen LogP) is 2.18. The number of benzene rings is 1. The van der Waals surface area contributed by atoms with Gasteiger partial charge in [-0.25, -0.2) is 9.37 Å². The highest BCUT2D eigenvalue weighted by atomic mass is 19.1. The molecule has 2 aromatic rings. The molecule has 0 saturated carbocycles. The molecule has 2 amide bonds. The van der Waals surface area contributed by atoms with Crippen LogP contribution in [0.5, 0.6) is 0 Å². The fraction of sp³-hybridized carbons (Fsp3) is 0.409. The van der Waals surface area contributed by atoms with Gasteiger partial charge in [0.2, 0.25) is 11.8 Å². The van der Waals surface area contributed by atoms with Crippen LogP contribution in [0.3, 0.4) is 0 Å². The van der Waals surface area contributed by atoms with Crippen LogP contribution >= 0.6 is 0 Å². The van der Waals surface area contributed by atoms with Crippen LogP contribution in [0.1, 0.15) is 18.9 Å². The largest absolute Gasteiger partial charge is 0.369 e. The van der Waals surface area contributed by atoms with Gasteiger partial charge >= 0.3 is 0 Å². The zero-order chi connectivity index (χ0) is 21.5. The van der Waals surface area contributed by atoms with Crippen molar-refractivity contribution in [2.45, 2.75) is 26.3 Å². The molecule has 1 aromatic carbocycles. The molecule has 160 valence electrons. The number of carbonyl (C=O) groups is 2. The minimum atomic E-state index is -0.276. The predicted molar refractivity (Wildman–Crippen MR) is 115 cm³/mol. The van der Waals surface area contributed by atoms with Gasteiger partial charge in [-0.15, -0.1) is 0 Å². The Morgan fingerprint density at radius 1 is 1.10 bits per heavy atom. The maximum atomic E-state index is 13.1. The molecule has 8 heteroatoms. The average molecular weight is 413 g/mol. The quantitative estimate of drug-likeness (QED) is 0.728. The third kappa shape index (κ3) is 6.00. The van der Waals surface area contributed by atoms with Crippen molar-refractivity contribution >= 4 is 23.3 Å². The van der Waals surface area contributed by atoms with Crippen molar-refractivity contribution in [3.8, 4) is 0 Å². The van der Waals surface area contributed by atoms with E-state index in [1.54, 1.807) is 24.4 Å². The van der Waals surface area contributed by atoms with Gasteiger partial charge in [0.15, 0.2) is 0 Å². The van der Waals surface area contributed by atoms with E-state index < -0.39 is 0 Å². The third-order valence-corrected chi connectivity index (χ3v) is 5.26. The molecule has 0 aliphatic carbocycles. The topological polar surface area (TPSA) is 77.6 Å². The molecule has 2 N–H and O–H groups in total. The number of hydrogen-bond acceptors (Lipinski definition) is 5. The van der Waals surface area contributed by atoms with Gasteiger partial charge < -0.3 is 15.5 Å². The van der Waals surface area contributed by atoms with E-state index in [1.807, 2.05) is 19.9 Å². The fourth-order valence-electron chi connectivity index (χ4n) is 3.38. The molecule has 2 heterocycles. The van der Waals surface area contributed by atoms with Gasteiger partial charge in [-0.3, -0.25) is 14.5 Å². The molecule has 1 atom stereocenters. The minimum absolute atomic E-state index is 0.0912. The number of nitrogens with zero attached hydrogens (tertiary/aromatic N) is 3. The van der Waals surface area contributed by atoms with E-state index >= 15 is 0 Å². The van der Waals surface area contributed by atoms with Gasteiger partial charge in [0.25, 0.3) is 0 Å². The van der Waals surface area contributed by atoms with E-state index in [4.69, 9.17) is 0 Å². The highest BCUT2D eigenvalue weighted by Gasteiger charge is 2.25. The molecule has 0 spiro atoms. The smallest absolute Gasteiger partial charge is 0.237 e. The summed E-state index contributed by atoms with van der Waals surface area (Å²) in [5.74, 6) is -0.0190. The average Bonchev–Trinajstić information content (AvgIpc) is 2.75. The van der Waals surface area contributed by atoms with E-state index in [2.05, 4.69) is 25.4 Å². The molecular weight excluding hydrogens is 385 g/mol. The summed E-state index contributed by atoms with van der Waals surface area (Å²) in [6.07, 6.45) is 1.88. The number of nitrogens with one attached hydrogen (secondary N) is 2. The lowest BCUT2D eigenvalue weighted by Crippen LogP contribution is -2.54. The van der Waals surface area contributed by atoms with Crippen molar-refractivity contribution in [3.05, 3.63) is 54.0 Å². The monoisotopic (exact) mass is 413 g/mol. The first kappa shape index (κ1) is 21.7. The summed E-state index contributed by atoms with van der Waals surface area (Å²) in [7, 11) is 0. The molecule has 7 nitrogen and oxygen atoms in total. The molecule has 1 unspecified atom stereocenters. The van der Waals surface area contributed by atoms with Crippen LogP contribution in [0, 0.1) is 12.7 Å². The molecule has 0 bridgehead atoms. The second kappa shape index (κ2) is 10.2. The summed E-state index contributed by atoms with van der Waals surface area (Å²) in [6, 6.07) is 9.83.